The molecule has 17 heavy (non-hydrogen) atoms. The third kappa shape index (κ3) is 6.00. The van der Waals surface area contributed by atoms with Crippen LogP contribution in [0.4, 0.5) is 0 Å². The fourth-order valence-electron chi connectivity index (χ4n) is 2.14. The van der Waals surface area contributed by atoms with E-state index in [1.807, 2.05) is 0 Å². The summed E-state index contributed by atoms with van der Waals surface area (Å²) in [7, 11) is 1.63. The van der Waals surface area contributed by atoms with E-state index >= 15 is 0 Å². The average molecular weight is 244 g/mol. The first kappa shape index (κ1) is 14.4. The van der Waals surface area contributed by atoms with Gasteiger partial charge in [0.15, 0.2) is 0 Å². The van der Waals surface area contributed by atoms with Crippen LogP contribution in [0.2, 0.25) is 0 Å². The molecule has 5 nitrogen and oxygen atoms in total. The molecule has 0 aromatic carbocycles. The maximum absolute atomic E-state index is 11.6. The van der Waals surface area contributed by atoms with Crippen LogP contribution in [0.1, 0.15) is 25.7 Å². The van der Waals surface area contributed by atoms with Crippen molar-refractivity contribution in [2.75, 3.05) is 33.5 Å². The van der Waals surface area contributed by atoms with Crippen molar-refractivity contribution in [1.82, 2.24) is 5.32 Å². The van der Waals surface area contributed by atoms with Gasteiger partial charge >= 0.3 is 0 Å². The Hall–Kier alpha value is -0.650. The zero-order valence-electron chi connectivity index (χ0n) is 10.6. The van der Waals surface area contributed by atoms with Crippen molar-refractivity contribution in [3.05, 3.63) is 0 Å². The van der Waals surface area contributed by atoms with Gasteiger partial charge in [-0.1, -0.05) is 6.42 Å². The molecule has 0 radical (unpaired) electrons. The van der Waals surface area contributed by atoms with Gasteiger partial charge in [-0.2, -0.15) is 0 Å². The van der Waals surface area contributed by atoms with E-state index in [0.717, 1.165) is 19.3 Å². The van der Waals surface area contributed by atoms with Gasteiger partial charge in [0.1, 0.15) is 0 Å². The van der Waals surface area contributed by atoms with Crippen molar-refractivity contribution in [3.8, 4) is 0 Å². The summed E-state index contributed by atoms with van der Waals surface area (Å²) in [6, 6.07) is 0.207. The molecule has 0 aliphatic heterocycles. The minimum Gasteiger partial charge on any atom is -0.382 e. The summed E-state index contributed by atoms with van der Waals surface area (Å²) in [4.78, 5) is 11.6. The van der Waals surface area contributed by atoms with Crippen LogP contribution in [-0.4, -0.2) is 45.4 Å². The van der Waals surface area contributed by atoms with Crippen molar-refractivity contribution >= 4 is 5.91 Å². The maximum Gasteiger partial charge on any atom is 0.220 e. The number of nitrogens with one attached hydrogen (secondary N) is 1. The summed E-state index contributed by atoms with van der Waals surface area (Å²) in [5, 5.41) is 2.85. The van der Waals surface area contributed by atoms with Gasteiger partial charge in [-0.15, -0.1) is 0 Å². The number of carbonyl (C=O) groups excluding carboxylic acids is 1. The molecule has 0 aromatic heterocycles. The molecular weight excluding hydrogens is 220 g/mol. The highest BCUT2D eigenvalue weighted by molar-refractivity contribution is 5.76. The van der Waals surface area contributed by atoms with Gasteiger partial charge in [0, 0.05) is 26.1 Å². The minimum atomic E-state index is 0.0858. The highest BCUT2D eigenvalue weighted by Crippen LogP contribution is 2.26. The van der Waals surface area contributed by atoms with E-state index in [4.69, 9.17) is 15.2 Å². The second kappa shape index (κ2) is 8.44. The molecule has 0 heterocycles. The van der Waals surface area contributed by atoms with Gasteiger partial charge in [-0.3, -0.25) is 4.79 Å². The number of hydrogen-bond acceptors (Lipinski definition) is 4. The Kier molecular flexibility index (Phi) is 7.16. The van der Waals surface area contributed by atoms with Crippen LogP contribution in [0.25, 0.3) is 0 Å². The van der Waals surface area contributed by atoms with E-state index in [1.54, 1.807) is 7.11 Å². The third-order valence-corrected chi connectivity index (χ3v) is 3.17. The molecule has 1 saturated carbocycles. The molecule has 0 aromatic rings. The van der Waals surface area contributed by atoms with Crippen molar-refractivity contribution in [2.45, 2.75) is 31.7 Å². The van der Waals surface area contributed by atoms with E-state index in [-0.39, 0.29) is 11.9 Å². The third-order valence-electron chi connectivity index (χ3n) is 3.17. The minimum absolute atomic E-state index is 0.0858. The molecule has 5 heteroatoms. The smallest absolute Gasteiger partial charge is 0.220 e. The molecule has 3 N–H and O–H groups in total. The van der Waals surface area contributed by atoms with Crippen LogP contribution in [-0.2, 0) is 14.3 Å². The molecule has 100 valence electrons. The van der Waals surface area contributed by atoms with Crippen molar-refractivity contribution in [2.24, 2.45) is 11.7 Å². The standard InChI is InChI=1S/C12H24N2O3/c1-16-7-8-17-6-5-14-12(15)9-10-3-2-4-11(10)13/h10-11H,2-9,13H2,1H3,(H,14,15)/t10-,11+/m0/s1. The second-order valence-electron chi connectivity index (χ2n) is 4.51. The van der Waals surface area contributed by atoms with Crippen LogP contribution in [0, 0.1) is 5.92 Å². The summed E-state index contributed by atoms with van der Waals surface area (Å²) in [6.07, 6.45) is 3.84. The molecule has 1 rings (SSSR count). The van der Waals surface area contributed by atoms with Crippen LogP contribution in [0.3, 0.4) is 0 Å². The highest BCUT2D eigenvalue weighted by Gasteiger charge is 2.25. The summed E-state index contributed by atoms with van der Waals surface area (Å²) in [5.74, 6) is 0.451. The Morgan fingerprint density at radius 3 is 2.82 bits per heavy atom. The van der Waals surface area contributed by atoms with Crippen molar-refractivity contribution < 1.29 is 14.3 Å². The predicted molar refractivity (Wildman–Crippen MR) is 65.6 cm³/mol. The molecule has 0 bridgehead atoms. The Morgan fingerprint density at radius 1 is 1.35 bits per heavy atom. The monoisotopic (exact) mass is 244 g/mol. The Balaban J connectivity index is 1.97. The Morgan fingerprint density at radius 2 is 2.18 bits per heavy atom. The molecule has 1 aliphatic carbocycles. The SMILES string of the molecule is COCCOCCNC(=O)C[C@@H]1CCC[C@H]1N. The Bertz CT molecular complexity index is 224. The average Bonchev–Trinajstić information content (AvgIpc) is 2.69. The predicted octanol–water partition coefficient (Wildman–Crippen LogP) is 0.283. The summed E-state index contributed by atoms with van der Waals surface area (Å²) in [5.41, 5.74) is 5.92. The maximum atomic E-state index is 11.6. The zero-order chi connectivity index (χ0) is 12.5. The lowest BCUT2D eigenvalue weighted by atomic mass is 10.00. The first-order chi connectivity index (χ1) is 8.24. The van der Waals surface area contributed by atoms with E-state index in [1.165, 1.54) is 0 Å². The van der Waals surface area contributed by atoms with Gasteiger partial charge in [0.2, 0.25) is 5.91 Å². The fraction of sp³-hybridized carbons (Fsp3) is 0.917. The van der Waals surface area contributed by atoms with E-state index < -0.39 is 0 Å². The van der Waals surface area contributed by atoms with Crippen LogP contribution in [0.15, 0.2) is 0 Å². The molecule has 0 unspecified atom stereocenters. The second-order valence-corrected chi connectivity index (χ2v) is 4.51. The molecule has 0 saturated heterocycles. The lowest BCUT2D eigenvalue weighted by Gasteiger charge is -2.14. The number of amides is 1. The number of hydrogen-bond donors (Lipinski definition) is 2. The quantitative estimate of drug-likeness (QED) is 0.602. The lowest BCUT2D eigenvalue weighted by Crippen LogP contribution is -2.33. The molecular formula is C12H24N2O3. The van der Waals surface area contributed by atoms with Crippen LogP contribution in [0.5, 0.6) is 0 Å². The lowest BCUT2D eigenvalue weighted by molar-refractivity contribution is -0.122. The molecule has 0 spiro atoms. The van der Waals surface area contributed by atoms with Gasteiger partial charge in [-0.25, -0.2) is 0 Å². The van der Waals surface area contributed by atoms with E-state index in [9.17, 15) is 4.79 Å². The van der Waals surface area contributed by atoms with Gasteiger partial charge in [-0.05, 0) is 18.8 Å². The molecule has 2 atom stereocenters. The number of ether oxygens (including phenoxy) is 2. The van der Waals surface area contributed by atoms with Crippen molar-refractivity contribution in [3.63, 3.8) is 0 Å². The zero-order valence-corrected chi connectivity index (χ0v) is 10.6. The topological polar surface area (TPSA) is 73.6 Å². The van der Waals surface area contributed by atoms with Crippen LogP contribution < -0.4 is 11.1 Å². The number of carbonyl (C=O) groups is 1. The largest absolute Gasteiger partial charge is 0.382 e. The van der Waals surface area contributed by atoms with E-state index in [0.29, 0.717) is 38.7 Å². The van der Waals surface area contributed by atoms with E-state index in [2.05, 4.69) is 5.32 Å². The number of rotatable bonds is 8. The molecule has 1 amide bonds. The molecule has 1 aliphatic rings. The number of methoxy groups -OCH3 is 1. The molecule has 1 fully saturated rings. The Labute approximate surface area is 103 Å². The normalized spacial score (nSPS) is 23.9. The van der Waals surface area contributed by atoms with Gasteiger partial charge < -0.3 is 20.5 Å². The summed E-state index contributed by atoms with van der Waals surface area (Å²) < 4.78 is 10.1. The highest BCUT2D eigenvalue weighted by atomic mass is 16.5. The first-order valence-corrected chi connectivity index (χ1v) is 6.33. The summed E-state index contributed by atoms with van der Waals surface area (Å²) >= 11 is 0. The van der Waals surface area contributed by atoms with Crippen molar-refractivity contribution in [1.29, 1.82) is 0 Å². The fourth-order valence-corrected chi connectivity index (χ4v) is 2.14. The van der Waals surface area contributed by atoms with Gasteiger partial charge in [0.25, 0.3) is 0 Å². The van der Waals surface area contributed by atoms with Crippen LogP contribution >= 0.6 is 0 Å². The van der Waals surface area contributed by atoms with Gasteiger partial charge in [0.05, 0.1) is 19.8 Å². The summed E-state index contributed by atoms with van der Waals surface area (Å²) in [6.45, 7) is 2.25. The number of nitrogens with two attached hydrogens (primary N) is 1. The first-order valence-electron chi connectivity index (χ1n) is 6.33.